The zero-order chi connectivity index (χ0) is 8.69. The van der Waals surface area contributed by atoms with Gasteiger partial charge in [0, 0.05) is 12.3 Å². The van der Waals surface area contributed by atoms with Gasteiger partial charge in [-0.15, -0.1) is 11.8 Å². The van der Waals surface area contributed by atoms with E-state index in [-0.39, 0.29) is 11.8 Å². The fourth-order valence-corrected chi connectivity index (χ4v) is 0.919. The minimum atomic E-state index is -0.227. The van der Waals surface area contributed by atoms with Gasteiger partial charge in [-0.1, -0.05) is 13.3 Å². The molecular formula is C9H15NO. The SMILES string of the molecule is CC#CCC(CCC)C(N)=O. The molecule has 2 heteroatoms. The van der Waals surface area contributed by atoms with Crippen molar-refractivity contribution in [1.29, 1.82) is 0 Å². The van der Waals surface area contributed by atoms with E-state index in [4.69, 9.17) is 5.73 Å². The lowest BCUT2D eigenvalue weighted by atomic mass is 10.00. The van der Waals surface area contributed by atoms with E-state index >= 15 is 0 Å². The van der Waals surface area contributed by atoms with E-state index in [1.807, 2.05) is 6.92 Å². The third-order valence-electron chi connectivity index (χ3n) is 1.56. The molecule has 0 heterocycles. The van der Waals surface area contributed by atoms with Crippen molar-refractivity contribution in [2.75, 3.05) is 0 Å². The molecule has 0 saturated carbocycles. The first-order valence-electron chi connectivity index (χ1n) is 3.91. The van der Waals surface area contributed by atoms with Crippen molar-refractivity contribution in [2.24, 2.45) is 11.7 Å². The van der Waals surface area contributed by atoms with Crippen molar-refractivity contribution < 1.29 is 4.79 Å². The van der Waals surface area contributed by atoms with Crippen LogP contribution in [0.3, 0.4) is 0 Å². The number of carbonyl (C=O) groups is 1. The van der Waals surface area contributed by atoms with Crippen LogP contribution >= 0.6 is 0 Å². The Balaban J connectivity index is 3.85. The van der Waals surface area contributed by atoms with Crippen LogP contribution in [0.25, 0.3) is 0 Å². The van der Waals surface area contributed by atoms with Crippen molar-refractivity contribution >= 4 is 5.91 Å². The van der Waals surface area contributed by atoms with Crippen LogP contribution in [-0.4, -0.2) is 5.91 Å². The summed E-state index contributed by atoms with van der Waals surface area (Å²) in [4.78, 5) is 10.7. The van der Waals surface area contributed by atoms with Crippen LogP contribution < -0.4 is 5.73 Å². The highest BCUT2D eigenvalue weighted by Gasteiger charge is 2.11. The lowest BCUT2D eigenvalue weighted by Crippen LogP contribution is -2.22. The molecule has 11 heavy (non-hydrogen) atoms. The summed E-state index contributed by atoms with van der Waals surface area (Å²) in [5.41, 5.74) is 5.16. The van der Waals surface area contributed by atoms with Crippen molar-refractivity contribution in [2.45, 2.75) is 33.1 Å². The molecule has 0 aromatic heterocycles. The highest BCUT2D eigenvalue weighted by Crippen LogP contribution is 2.08. The van der Waals surface area contributed by atoms with Crippen molar-refractivity contribution in [3.8, 4) is 11.8 Å². The monoisotopic (exact) mass is 153 g/mol. The second-order valence-electron chi connectivity index (χ2n) is 2.52. The van der Waals surface area contributed by atoms with Crippen molar-refractivity contribution in [3.05, 3.63) is 0 Å². The van der Waals surface area contributed by atoms with Gasteiger partial charge in [0.1, 0.15) is 0 Å². The number of carbonyl (C=O) groups excluding carboxylic acids is 1. The lowest BCUT2D eigenvalue weighted by molar-refractivity contribution is -0.121. The number of nitrogens with two attached hydrogens (primary N) is 1. The van der Waals surface area contributed by atoms with Crippen LogP contribution in [0.5, 0.6) is 0 Å². The van der Waals surface area contributed by atoms with E-state index in [1.54, 1.807) is 6.92 Å². The molecule has 0 rings (SSSR count). The summed E-state index contributed by atoms with van der Waals surface area (Å²) in [7, 11) is 0. The molecule has 1 amide bonds. The summed E-state index contributed by atoms with van der Waals surface area (Å²) in [5, 5.41) is 0. The fraction of sp³-hybridized carbons (Fsp3) is 0.667. The third-order valence-corrected chi connectivity index (χ3v) is 1.56. The predicted octanol–water partition coefficient (Wildman–Crippen LogP) is 1.30. The summed E-state index contributed by atoms with van der Waals surface area (Å²) in [6.45, 7) is 3.80. The molecule has 62 valence electrons. The standard InChI is InChI=1S/C9H15NO/c1-3-5-7-8(6-4-2)9(10)11/h8H,4,6-7H2,1-2H3,(H2,10,11). The molecule has 1 unspecified atom stereocenters. The Morgan fingerprint density at radius 3 is 2.64 bits per heavy atom. The van der Waals surface area contributed by atoms with Crippen molar-refractivity contribution in [3.63, 3.8) is 0 Å². The first kappa shape index (κ1) is 10.0. The molecule has 0 spiro atoms. The van der Waals surface area contributed by atoms with Crippen LogP contribution in [0.1, 0.15) is 33.1 Å². The Labute approximate surface area is 68.2 Å². The maximum absolute atomic E-state index is 10.7. The molecule has 0 aliphatic rings. The van der Waals surface area contributed by atoms with Gasteiger partial charge < -0.3 is 5.73 Å². The topological polar surface area (TPSA) is 43.1 Å². The second kappa shape index (κ2) is 5.79. The average molecular weight is 153 g/mol. The molecule has 0 aromatic rings. The average Bonchev–Trinajstić information content (AvgIpc) is 1.97. The fourth-order valence-electron chi connectivity index (χ4n) is 0.919. The number of primary amides is 1. The van der Waals surface area contributed by atoms with Gasteiger partial charge in [-0.25, -0.2) is 0 Å². The van der Waals surface area contributed by atoms with E-state index in [0.29, 0.717) is 6.42 Å². The first-order valence-corrected chi connectivity index (χ1v) is 3.91. The molecule has 2 N–H and O–H groups in total. The van der Waals surface area contributed by atoms with Crippen LogP contribution in [0.4, 0.5) is 0 Å². The molecule has 2 nitrogen and oxygen atoms in total. The molecule has 0 saturated heterocycles. The quantitative estimate of drug-likeness (QED) is 0.608. The zero-order valence-electron chi connectivity index (χ0n) is 7.18. The Morgan fingerprint density at radius 2 is 2.27 bits per heavy atom. The van der Waals surface area contributed by atoms with E-state index < -0.39 is 0 Å². The van der Waals surface area contributed by atoms with E-state index in [9.17, 15) is 4.79 Å². The van der Waals surface area contributed by atoms with E-state index in [1.165, 1.54) is 0 Å². The predicted molar refractivity (Wildman–Crippen MR) is 45.7 cm³/mol. The minimum Gasteiger partial charge on any atom is -0.369 e. The van der Waals surface area contributed by atoms with Crippen LogP contribution in [0.15, 0.2) is 0 Å². The zero-order valence-corrected chi connectivity index (χ0v) is 7.18. The molecule has 0 fully saturated rings. The normalized spacial score (nSPS) is 11.5. The minimum absolute atomic E-state index is 0.0487. The molecule has 0 radical (unpaired) electrons. The van der Waals surface area contributed by atoms with Gasteiger partial charge in [0.2, 0.25) is 5.91 Å². The van der Waals surface area contributed by atoms with Gasteiger partial charge in [-0.05, 0) is 13.3 Å². The Hall–Kier alpha value is -0.970. The van der Waals surface area contributed by atoms with E-state index in [2.05, 4.69) is 11.8 Å². The maximum Gasteiger partial charge on any atom is 0.221 e. The van der Waals surface area contributed by atoms with Gasteiger partial charge in [0.05, 0.1) is 0 Å². The van der Waals surface area contributed by atoms with Gasteiger partial charge in [-0.2, -0.15) is 0 Å². The largest absolute Gasteiger partial charge is 0.369 e. The summed E-state index contributed by atoms with van der Waals surface area (Å²) >= 11 is 0. The molecule has 0 aliphatic heterocycles. The van der Waals surface area contributed by atoms with Gasteiger partial charge in [0.25, 0.3) is 0 Å². The van der Waals surface area contributed by atoms with Crippen molar-refractivity contribution in [1.82, 2.24) is 0 Å². The summed E-state index contributed by atoms with van der Waals surface area (Å²) in [5.74, 6) is 5.34. The molecule has 0 aliphatic carbocycles. The molecule has 0 aromatic carbocycles. The van der Waals surface area contributed by atoms with Gasteiger partial charge in [-0.3, -0.25) is 4.79 Å². The number of amides is 1. The number of hydrogen-bond donors (Lipinski definition) is 1. The lowest BCUT2D eigenvalue weighted by Gasteiger charge is -2.06. The summed E-state index contributed by atoms with van der Waals surface area (Å²) in [6.07, 6.45) is 2.45. The Morgan fingerprint density at radius 1 is 1.64 bits per heavy atom. The molecular weight excluding hydrogens is 138 g/mol. The first-order chi connectivity index (χ1) is 5.22. The van der Waals surface area contributed by atoms with Crippen LogP contribution in [-0.2, 0) is 4.79 Å². The van der Waals surface area contributed by atoms with Gasteiger partial charge >= 0.3 is 0 Å². The second-order valence-corrected chi connectivity index (χ2v) is 2.52. The summed E-state index contributed by atoms with van der Waals surface area (Å²) in [6, 6.07) is 0. The third kappa shape index (κ3) is 4.44. The number of rotatable bonds is 4. The Bertz CT molecular complexity index is 176. The summed E-state index contributed by atoms with van der Waals surface area (Å²) < 4.78 is 0. The smallest absolute Gasteiger partial charge is 0.221 e. The molecule has 1 atom stereocenters. The highest BCUT2D eigenvalue weighted by atomic mass is 16.1. The van der Waals surface area contributed by atoms with Crippen LogP contribution in [0, 0.1) is 17.8 Å². The maximum atomic E-state index is 10.7. The van der Waals surface area contributed by atoms with Crippen LogP contribution in [0.2, 0.25) is 0 Å². The Kier molecular flexibility index (Phi) is 5.28. The van der Waals surface area contributed by atoms with E-state index in [0.717, 1.165) is 12.8 Å². The highest BCUT2D eigenvalue weighted by molar-refractivity contribution is 5.76. The van der Waals surface area contributed by atoms with Gasteiger partial charge in [0.15, 0.2) is 0 Å². The number of hydrogen-bond acceptors (Lipinski definition) is 1. The molecule has 0 bridgehead atoms.